The number of carbonyl (C=O) groups is 2. The Morgan fingerprint density at radius 3 is 2.50 bits per heavy atom. The molecule has 0 spiro atoms. The Labute approximate surface area is 124 Å². The minimum absolute atomic E-state index is 0.114. The van der Waals surface area contributed by atoms with Gasteiger partial charge in [0.05, 0.1) is 12.0 Å². The number of carbonyl (C=O) groups excluding carboxylic acids is 1. The number of thioether (sulfide) groups is 1. The number of amides is 2. The fourth-order valence-electron chi connectivity index (χ4n) is 2.33. The first-order valence-electron chi connectivity index (χ1n) is 6.96. The Balaban J connectivity index is 2.94. The average molecular weight is 304 g/mol. The molecule has 116 valence electrons. The van der Waals surface area contributed by atoms with Crippen LogP contribution in [-0.2, 0) is 4.79 Å². The Morgan fingerprint density at radius 2 is 2.05 bits per heavy atom. The summed E-state index contributed by atoms with van der Waals surface area (Å²) in [4.78, 5) is 27.0. The van der Waals surface area contributed by atoms with Crippen molar-refractivity contribution in [3.63, 3.8) is 0 Å². The van der Waals surface area contributed by atoms with Crippen LogP contribution in [0.25, 0.3) is 0 Å². The molecular formula is C13H24N2O4S. The number of urea groups is 1. The van der Waals surface area contributed by atoms with Gasteiger partial charge in [-0.15, -0.1) is 11.8 Å². The summed E-state index contributed by atoms with van der Waals surface area (Å²) in [6, 6.07) is -1.06. The summed E-state index contributed by atoms with van der Waals surface area (Å²) < 4.78 is 0. The van der Waals surface area contributed by atoms with Crippen LogP contribution in [0.2, 0.25) is 0 Å². The maximum Gasteiger partial charge on any atom is 0.327 e. The molecule has 0 radical (unpaired) electrons. The first-order valence-corrected chi connectivity index (χ1v) is 8.01. The minimum atomic E-state index is -0.963. The maximum atomic E-state index is 12.6. The van der Waals surface area contributed by atoms with E-state index in [1.54, 1.807) is 0 Å². The van der Waals surface area contributed by atoms with Crippen molar-refractivity contribution in [2.24, 2.45) is 5.92 Å². The van der Waals surface area contributed by atoms with Gasteiger partial charge >= 0.3 is 12.0 Å². The number of aliphatic carboxylic acids is 1. The van der Waals surface area contributed by atoms with Crippen LogP contribution in [0.5, 0.6) is 0 Å². The van der Waals surface area contributed by atoms with Gasteiger partial charge in [-0.05, 0) is 12.3 Å². The van der Waals surface area contributed by atoms with E-state index in [0.29, 0.717) is 12.3 Å². The summed E-state index contributed by atoms with van der Waals surface area (Å²) in [5.74, 6) is -0.358. The van der Waals surface area contributed by atoms with Gasteiger partial charge in [0.2, 0.25) is 0 Å². The molecule has 0 aliphatic carbocycles. The lowest BCUT2D eigenvalue weighted by atomic mass is 10.1. The number of aliphatic hydroxyl groups is 1. The Hall–Kier alpha value is -0.950. The van der Waals surface area contributed by atoms with Crippen molar-refractivity contribution in [2.45, 2.75) is 38.6 Å². The lowest BCUT2D eigenvalue weighted by molar-refractivity contribution is -0.141. The van der Waals surface area contributed by atoms with Crippen molar-refractivity contribution in [3.05, 3.63) is 0 Å². The number of nitrogens with zero attached hydrogens (tertiary/aromatic N) is 2. The zero-order valence-corrected chi connectivity index (χ0v) is 13.1. The molecule has 7 heteroatoms. The van der Waals surface area contributed by atoms with Crippen molar-refractivity contribution in [1.29, 1.82) is 0 Å². The van der Waals surface area contributed by atoms with Crippen LogP contribution in [0, 0.1) is 5.92 Å². The van der Waals surface area contributed by atoms with Gasteiger partial charge in [0.1, 0.15) is 6.04 Å². The minimum Gasteiger partial charge on any atom is -0.480 e. The van der Waals surface area contributed by atoms with E-state index in [1.165, 1.54) is 21.6 Å². The highest BCUT2D eigenvalue weighted by atomic mass is 32.2. The molecule has 2 amide bonds. The van der Waals surface area contributed by atoms with Crippen LogP contribution in [0.4, 0.5) is 4.79 Å². The van der Waals surface area contributed by atoms with Gasteiger partial charge in [0.15, 0.2) is 0 Å². The molecule has 6 nitrogen and oxygen atoms in total. The third-order valence-electron chi connectivity index (χ3n) is 3.25. The van der Waals surface area contributed by atoms with Gasteiger partial charge in [0, 0.05) is 18.8 Å². The number of aliphatic hydroxyl groups excluding tert-OH is 1. The van der Waals surface area contributed by atoms with Gasteiger partial charge in [-0.3, -0.25) is 4.90 Å². The fourth-order valence-corrected chi connectivity index (χ4v) is 3.80. The van der Waals surface area contributed by atoms with Crippen molar-refractivity contribution in [3.8, 4) is 0 Å². The van der Waals surface area contributed by atoms with E-state index in [0.717, 1.165) is 6.42 Å². The van der Waals surface area contributed by atoms with Crippen molar-refractivity contribution in [2.75, 3.05) is 25.4 Å². The van der Waals surface area contributed by atoms with Crippen LogP contribution in [0.3, 0.4) is 0 Å². The number of carboxylic acid groups (broad SMARTS) is 1. The van der Waals surface area contributed by atoms with Gasteiger partial charge in [0.25, 0.3) is 0 Å². The third kappa shape index (κ3) is 3.79. The predicted octanol–water partition coefficient (Wildman–Crippen LogP) is 1.29. The molecular weight excluding hydrogens is 280 g/mol. The number of hydrogen-bond acceptors (Lipinski definition) is 4. The highest BCUT2D eigenvalue weighted by molar-refractivity contribution is 8.00. The topological polar surface area (TPSA) is 81.1 Å². The van der Waals surface area contributed by atoms with Gasteiger partial charge in [-0.2, -0.15) is 0 Å². The van der Waals surface area contributed by atoms with E-state index in [4.69, 9.17) is 5.11 Å². The van der Waals surface area contributed by atoms with Crippen molar-refractivity contribution >= 4 is 23.8 Å². The number of carboxylic acids is 1. The molecule has 20 heavy (non-hydrogen) atoms. The fraction of sp³-hybridized carbons (Fsp3) is 0.846. The Kier molecular flexibility index (Phi) is 6.61. The Morgan fingerprint density at radius 1 is 1.40 bits per heavy atom. The molecule has 2 N–H and O–H groups in total. The lowest BCUT2D eigenvalue weighted by Crippen LogP contribution is -2.53. The SMILES string of the molecule is CCCN(CCO)C(=O)N1C(C(=O)O)CSC1C(C)C. The first kappa shape index (κ1) is 17.1. The molecule has 1 saturated heterocycles. The molecule has 1 heterocycles. The molecule has 0 aromatic rings. The standard InChI is InChI=1S/C13H24N2O4S/c1-4-5-14(6-7-16)13(19)15-10(12(17)18)8-20-11(15)9(2)3/h9-11,16H,4-8H2,1-3H3,(H,17,18). The number of rotatable bonds is 6. The van der Waals surface area contributed by atoms with Crippen LogP contribution in [0.15, 0.2) is 0 Å². The molecule has 1 rings (SSSR count). The molecule has 2 unspecified atom stereocenters. The predicted molar refractivity (Wildman–Crippen MR) is 78.7 cm³/mol. The van der Waals surface area contributed by atoms with Crippen LogP contribution < -0.4 is 0 Å². The summed E-state index contributed by atoms with van der Waals surface area (Å²) in [6.07, 6.45) is 0.775. The van der Waals surface area contributed by atoms with E-state index in [9.17, 15) is 14.7 Å². The van der Waals surface area contributed by atoms with E-state index >= 15 is 0 Å². The highest BCUT2D eigenvalue weighted by Gasteiger charge is 2.44. The van der Waals surface area contributed by atoms with Crippen LogP contribution in [0.1, 0.15) is 27.2 Å². The monoisotopic (exact) mass is 304 g/mol. The molecule has 0 bridgehead atoms. The molecule has 1 aliphatic heterocycles. The third-order valence-corrected chi connectivity index (χ3v) is 4.87. The largest absolute Gasteiger partial charge is 0.480 e. The van der Waals surface area contributed by atoms with E-state index in [2.05, 4.69) is 0 Å². The second kappa shape index (κ2) is 7.73. The number of hydrogen-bond donors (Lipinski definition) is 2. The van der Waals surface area contributed by atoms with Gasteiger partial charge in [-0.25, -0.2) is 9.59 Å². The zero-order valence-electron chi connectivity index (χ0n) is 12.3. The molecule has 0 aromatic carbocycles. The zero-order chi connectivity index (χ0) is 15.3. The summed E-state index contributed by atoms with van der Waals surface area (Å²) in [5.41, 5.74) is 0. The highest BCUT2D eigenvalue weighted by Crippen LogP contribution is 2.34. The normalized spacial score (nSPS) is 22.4. The average Bonchev–Trinajstić information content (AvgIpc) is 2.82. The van der Waals surface area contributed by atoms with Gasteiger partial charge < -0.3 is 15.1 Å². The summed E-state index contributed by atoms with van der Waals surface area (Å²) >= 11 is 1.51. The summed E-state index contributed by atoms with van der Waals surface area (Å²) in [5, 5.41) is 18.2. The lowest BCUT2D eigenvalue weighted by Gasteiger charge is -2.34. The quantitative estimate of drug-likeness (QED) is 0.773. The van der Waals surface area contributed by atoms with Gasteiger partial charge in [-0.1, -0.05) is 20.8 Å². The molecule has 1 fully saturated rings. The van der Waals surface area contributed by atoms with Crippen LogP contribution in [-0.4, -0.2) is 68.9 Å². The molecule has 0 aromatic heterocycles. The second-order valence-corrected chi connectivity index (χ2v) is 6.37. The van der Waals surface area contributed by atoms with Crippen molar-refractivity contribution < 1.29 is 19.8 Å². The van der Waals surface area contributed by atoms with E-state index in [1.807, 2.05) is 20.8 Å². The molecule has 2 atom stereocenters. The molecule has 0 saturated carbocycles. The first-order chi connectivity index (χ1) is 9.43. The Bertz CT molecular complexity index is 345. The van der Waals surface area contributed by atoms with E-state index < -0.39 is 12.0 Å². The molecule has 1 aliphatic rings. The second-order valence-electron chi connectivity index (χ2n) is 5.22. The maximum absolute atomic E-state index is 12.6. The van der Waals surface area contributed by atoms with E-state index in [-0.39, 0.29) is 30.5 Å². The summed E-state index contributed by atoms with van der Waals surface area (Å²) in [6.45, 7) is 6.57. The van der Waals surface area contributed by atoms with Crippen molar-refractivity contribution in [1.82, 2.24) is 9.80 Å². The summed E-state index contributed by atoms with van der Waals surface area (Å²) in [7, 11) is 0. The smallest absolute Gasteiger partial charge is 0.327 e. The van der Waals surface area contributed by atoms with Crippen LogP contribution >= 0.6 is 11.8 Å².